The van der Waals surface area contributed by atoms with E-state index < -0.39 is 10.5 Å². The second-order valence-electron chi connectivity index (χ2n) is 3.61. The van der Waals surface area contributed by atoms with Crippen molar-refractivity contribution in [2.75, 3.05) is 0 Å². The van der Waals surface area contributed by atoms with Crippen LogP contribution in [0.15, 0.2) is 12.2 Å². The Bertz CT molecular complexity index is 270. The van der Waals surface area contributed by atoms with E-state index in [1.165, 1.54) is 0 Å². The molecule has 4 atom stereocenters. The fourth-order valence-electron chi connectivity index (χ4n) is 2.44. The molecule has 70 valence electrons. The Hall–Kier alpha value is -0.340. The highest BCUT2D eigenvalue weighted by Crippen LogP contribution is 2.49. The van der Waals surface area contributed by atoms with Crippen molar-refractivity contribution < 1.29 is 9.59 Å². The second kappa shape index (κ2) is 3.10. The number of hydrogen-bond donors (Lipinski definition) is 0. The van der Waals surface area contributed by atoms with Crippen LogP contribution in [0.3, 0.4) is 0 Å². The fraction of sp³-hybridized carbons (Fsp3) is 0.556. The molecule has 0 heterocycles. The summed E-state index contributed by atoms with van der Waals surface area (Å²) < 4.78 is 0. The Morgan fingerprint density at radius 3 is 1.69 bits per heavy atom. The lowest BCUT2D eigenvalue weighted by atomic mass is 9.85. The summed E-state index contributed by atoms with van der Waals surface area (Å²) in [6.45, 7) is 0. The topological polar surface area (TPSA) is 34.1 Å². The van der Waals surface area contributed by atoms with Gasteiger partial charge in [0.25, 0.3) is 0 Å². The molecule has 0 N–H and O–H groups in total. The van der Waals surface area contributed by atoms with Gasteiger partial charge in [0.2, 0.25) is 10.5 Å². The number of carbonyl (C=O) groups is 2. The molecule has 0 aromatic heterocycles. The van der Waals surface area contributed by atoms with Crippen LogP contribution in [0.4, 0.5) is 0 Å². The van der Waals surface area contributed by atoms with E-state index in [0.29, 0.717) is 0 Å². The maximum atomic E-state index is 11.1. The Morgan fingerprint density at radius 2 is 1.38 bits per heavy atom. The Morgan fingerprint density at radius 1 is 1.00 bits per heavy atom. The van der Waals surface area contributed by atoms with E-state index in [0.717, 1.165) is 6.42 Å². The van der Waals surface area contributed by atoms with Gasteiger partial charge in [-0.15, -0.1) is 0 Å². The van der Waals surface area contributed by atoms with E-state index in [2.05, 4.69) is 0 Å². The molecule has 0 saturated heterocycles. The lowest BCUT2D eigenvalue weighted by Gasteiger charge is -2.20. The van der Waals surface area contributed by atoms with Gasteiger partial charge in [-0.3, -0.25) is 9.59 Å². The summed E-state index contributed by atoms with van der Waals surface area (Å²) in [5.74, 6) is -0.520. The molecule has 0 aromatic rings. The first-order valence-electron chi connectivity index (χ1n) is 4.18. The minimum atomic E-state index is -0.434. The zero-order chi connectivity index (χ0) is 9.59. The molecule has 0 radical (unpaired) electrons. The van der Waals surface area contributed by atoms with Gasteiger partial charge in [-0.2, -0.15) is 0 Å². The number of hydrogen-bond acceptors (Lipinski definition) is 2. The molecule has 1 fully saturated rings. The summed E-state index contributed by atoms with van der Waals surface area (Å²) in [7, 11) is 0. The molecule has 2 rings (SSSR count). The highest BCUT2D eigenvalue weighted by molar-refractivity contribution is 6.66. The molecular weight excluding hydrogens is 211 g/mol. The number of carbonyl (C=O) groups excluding carboxylic acids is 2. The van der Waals surface area contributed by atoms with Crippen molar-refractivity contribution in [2.45, 2.75) is 6.42 Å². The molecule has 2 bridgehead atoms. The summed E-state index contributed by atoms with van der Waals surface area (Å²) in [5.41, 5.74) is 0. The second-order valence-corrected chi connectivity index (χ2v) is 4.35. The molecule has 0 aliphatic heterocycles. The van der Waals surface area contributed by atoms with E-state index in [1.54, 1.807) is 0 Å². The molecule has 0 spiro atoms. The standard InChI is InChI=1S/C9H8Cl2O2/c10-8(12)6-4-1-2-5(3-4)7(6)9(11)13/h1-2,4-7H,3H2/t4-,5?,6-,7-/m1/s1. The minimum absolute atomic E-state index is 0.127. The molecule has 1 saturated carbocycles. The Labute approximate surface area is 85.9 Å². The minimum Gasteiger partial charge on any atom is -0.281 e. The maximum Gasteiger partial charge on any atom is 0.226 e. The van der Waals surface area contributed by atoms with Crippen LogP contribution in [0.25, 0.3) is 0 Å². The van der Waals surface area contributed by atoms with E-state index >= 15 is 0 Å². The van der Waals surface area contributed by atoms with Gasteiger partial charge in [-0.05, 0) is 41.5 Å². The quantitative estimate of drug-likeness (QED) is 0.525. The van der Waals surface area contributed by atoms with Crippen molar-refractivity contribution in [3.05, 3.63) is 12.2 Å². The lowest BCUT2D eigenvalue weighted by Crippen LogP contribution is -2.28. The van der Waals surface area contributed by atoms with Crippen LogP contribution in [0.2, 0.25) is 0 Å². The maximum absolute atomic E-state index is 11.1. The third-order valence-corrected chi connectivity index (χ3v) is 3.49. The summed E-state index contributed by atoms with van der Waals surface area (Å²) in [5, 5.41) is -0.869. The first kappa shape index (κ1) is 9.22. The number of rotatable bonds is 2. The van der Waals surface area contributed by atoms with Crippen molar-refractivity contribution in [3.8, 4) is 0 Å². The normalized spacial score (nSPS) is 41.1. The third-order valence-electron chi connectivity index (χ3n) is 2.98. The zero-order valence-electron chi connectivity index (χ0n) is 6.74. The van der Waals surface area contributed by atoms with E-state index in [4.69, 9.17) is 23.2 Å². The van der Waals surface area contributed by atoms with E-state index in [-0.39, 0.29) is 23.7 Å². The summed E-state index contributed by atoms with van der Waals surface area (Å²) in [6.07, 6.45) is 4.77. The summed E-state index contributed by atoms with van der Waals surface area (Å²) in [6, 6.07) is 0. The zero-order valence-corrected chi connectivity index (χ0v) is 8.26. The first-order chi connectivity index (χ1) is 6.11. The van der Waals surface area contributed by atoms with Crippen molar-refractivity contribution in [1.82, 2.24) is 0 Å². The van der Waals surface area contributed by atoms with Crippen LogP contribution >= 0.6 is 23.2 Å². The molecule has 2 aliphatic carbocycles. The van der Waals surface area contributed by atoms with Crippen LogP contribution in [-0.4, -0.2) is 10.5 Å². The lowest BCUT2D eigenvalue weighted by molar-refractivity contribution is -0.124. The number of halogens is 2. The molecule has 0 aromatic carbocycles. The predicted molar refractivity (Wildman–Crippen MR) is 49.4 cm³/mol. The molecular formula is C9H8Cl2O2. The van der Waals surface area contributed by atoms with Crippen LogP contribution in [0.1, 0.15) is 6.42 Å². The van der Waals surface area contributed by atoms with Gasteiger partial charge in [0.05, 0.1) is 11.8 Å². The van der Waals surface area contributed by atoms with Crippen LogP contribution in [0, 0.1) is 23.7 Å². The molecule has 1 unspecified atom stereocenters. The molecule has 0 amide bonds. The largest absolute Gasteiger partial charge is 0.281 e. The Kier molecular flexibility index (Phi) is 2.20. The molecule has 2 aliphatic rings. The molecule has 2 nitrogen and oxygen atoms in total. The summed E-state index contributed by atoms with van der Waals surface area (Å²) in [4.78, 5) is 22.1. The van der Waals surface area contributed by atoms with Crippen molar-refractivity contribution in [2.24, 2.45) is 23.7 Å². The van der Waals surface area contributed by atoms with Crippen LogP contribution in [-0.2, 0) is 9.59 Å². The third kappa shape index (κ3) is 1.32. The summed E-state index contributed by atoms with van der Waals surface area (Å²) >= 11 is 10.9. The highest BCUT2D eigenvalue weighted by atomic mass is 35.5. The molecule has 13 heavy (non-hydrogen) atoms. The highest BCUT2D eigenvalue weighted by Gasteiger charge is 2.50. The fourth-order valence-corrected chi connectivity index (χ4v) is 3.04. The van der Waals surface area contributed by atoms with Gasteiger partial charge < -0.3 is 0 Å². The number of fused-ring (bicyclic) bond motifs is 2. The van der Waals surface area contributed by atoms with Crippen LogP contribution in [0.5, 0.6) is 0 Å². The molecule has 4 heteroatoms. The van der Waals surface area contributed by atoms with Gasteiger partial charge in [-0.25, -0.2) is 0 Å². The van der Waals surface area contributed by atoms with Crippen molar-refractivity contribution in [1.29, 1.82) is 0 Å². The van der Waals surface area contributed by atoms with Gasteiger partial charge >= 0.3 is 0 Å². The average Bonchev–Trinajstić information content (AvgIpc) is 2.60. The Balaban J connectivity index is 2.30. The average molecular weight is 219 g/mol. The van der Waals surface area contributed by atoms with Crippen molar-refractivity contribution in [3.63, 3.8) is 0 Å². The first-order valence-corrected chi connectivity index (χ1v) is 4.94. The van der Waals surface area contributed by atoms with Gasteiger partial charge in [0, 0.05) is 0 Å². The monoisotopic (exact) mass is 218 g/mol. The van der Waals surface area contributed by atoms with E-state index in [9.17, 15) is 9.59 Å². The predicted octanol–water partition coefficient (Wildman–Crippen LogP) is 1.96. The van der Waals surface area contributed by atoms with Gasteiger partial charge in [0.1, 0.15) is 0 Å². The van der Waals surface area contributed by atoms with Crippen LogP contribution < -0.4 is 0 Å². The smallest absolute Gasteiger partial charge is 0.226 e. The van der Waals surface area contributed by atoms with Gasteiger partial charge in [-0.1, -0.05) is 12.2 Å². The van der Waals surface area contributed by atoms with E-state index in [1.807, 2.05) is 12.2 Å². The number of allylic oxidation sites excluding steroid dienone is 2. The van der Waals surface area contributed by atoms with Gasteiger partial charge in [0.15, 0.2) is 0 Å². The SMILES string of the molecule is O=C(Cl)[C@@H]1[C@@H]2C=CC(C2)[C@H]1C(=O)Cl. The van der Waals surface area contributed by atoms with Crippen molar-refractivity contribution >= 4 is 33.7 Å².